The molecule has 1 aromatic rings. The molecular weight excluding hydrogens is 233 g/mol. The van der Waals surface area contributed by atoms with Gasteiger partial charge in [-0.2, -0.15) is 0 Å². The minimum atomic E-state index is -3.53. The van der Waals surface area contributed by atoms with Crippen molar-refractivity contribution in [2.45, 2.75) is 17.6 Å². The SMILES string of the molecule is CCc1cc2c(s1)S(=O)(=O)NC2=O.[NaH]. The topological polar surface area (TPSA) is 63.2 Å². The van der Waals surface area contributed by atoms with Crippen LogP contribution in [0, 0.1) is 0 Å². The first-order valence-corrected chi connectivity index (χ1v) is 6.04. The number of nitrogens with one attached hydrogen (secondary N) is 1. The van der Waals surface area contributed by atoms with Crippen molar-refractivity contribution in [3.63, 3.8) is 0 Å². The van der Waals surface area contributed by atoms with Crippen LogP contribution in [0.4, 0.5) is 0 Å². The summed E-state index contributed by atoms with van der Waals surface area (Å²) >= 11 is 1.16. The van der Waals surface area contributed by atoms with Gasteiger partial charge in [-0.15, -0.1) is 11.3 Å². The summed E-state index contributed by atoms with van der Waals surface area (Å²) in [7, 11) is -3.53. The third kappa shape index (κ3) is 1.77. The fourth-order valence-electron chi connectivity index (χ4n) is 1.18. The Morgan fingerprint density at radius 3 is 2.64 bits per heavy atom. The normalized spacial score (nSPS) is 17.1. The van der Waals surface area contributed by atoms with Crippen molar-refractivity contribution < 1.29 is 13.2 Å². The summed E-state index contributed by atoms with van der Waals surface area (Å²) < 4.78 is 24.6. The summed E-state index contributed by atoms with van der Waals surface area (Å²) in [6.45, 7) is 1.92. The van der Waals surface area contributed by atoms with Crippen molar-refractivity contribution in [2.24, 2.45) is 0 Å². The van der Waals surface area contributed by atoms with Crippen molar-refractivity contribution >= 4 is 56.8 Å². The number of hydrogen-bond donors (Lipinski definition) is 1. The number of rotatable bonds is 1. The standard InChI is InChI=1S/C7H7NO3S2.Na.H/c1-2-4-3-5-6(9)8-13(10,11)7(5)12-4;;/h3H,2H2,1H3,(H,8,9);;. The molecule has 0 aliphatic carbocycles. The molecule has 0 saturated carbocycles. The number of carbonyl (C=O) groups is 1. The van der Waals surface area contributed by atoms with E-state index in [2.05, 4.69) is 0 Å². The third-order valence-corrected chi connectivity index (χ3v) is 4.96. The number of hydrogen-bond acceptors (Lipinski definition) is 4. The van der Waals surface area contributed by atoms with E-state index in [4.69, 9.17) is 0 Å². The maximum absolute atomic E-state index is 11.3. The molecule has 0 fully saturated rings. The van der Waals surface area contributed by atoms with E-state index in [1.165, 1.54) is 0 Å². The van der Waals surface area contributed by atoms with Crippen LogP contribution in [0.25, 0.3) is 0 Å². The molecule has 1 aliphatic rings. The number of fused-ring (bicyclic) bond motifs is 1. The second-order valence-corrected chi connectivity index (χ2v) is 5.72. The van der Waals surface area contributed by atoms with E-state index in [1.807, 2.05) is 11.6 Å². The zero-order chi connectivity index (χ0) is 9.64. The first-order chi connectivity index (χ1) is 6.04. The van der Waals surface area contributed by atoms with Crippen LogP contribution < -0.4 is 4.72 Å². The van der Waals surface area contributed by atoms with E-state index < -0.39 is 15.9 Å². The predicted molar refractivity (Wildman–Crippen MR) is 55.5 cm³/mol. The van der Waals surface area contributed by atoms with E-state index in [1.54, 1.807) is 6.07 Å². The Morgan fingerprint density at radius 1 is 1.50 bits per heavy atom. The molecule has 1 aromatic heterocycles. The fraction of sp³-hybridized carbons (Fsp3) is 0.286. The molecule has 0 aromatic carbocycles. The summed E-state index contributed by atoms with van der Waals surface area (Å²) in [6, 6.07) is 1.64. The Morgan fingerprint density at radius 2 is 2.14 bits per heavy atom. The van der Waals surface area contributed by atoms with Crippen LogP contribution in [0.5, 0.6) is 0 Å². The predicted octanol–water partition coefficient (Wildman–Crippen LogP) is 0.0941. The third-order valence-electron chi connectivity index (χ3n) is 1.81. The number of carbonyl (C=O) groups excluding carboxylic acids is 1. The zero-order valence-corrected chi connectivity index (χ0v) is 8.46. The van der Waals surface area contributed by atoms with Crippen LogP contribution >= 0.6 is 11.3 Å². The van der Waals surface area contributed by atoms with E-state index in [-0.39, 0.29) is 33.8 Å². The van der Waals surface area contributed by atoms with Crippen LogP contribution in [0.3, 0.4) is 0 Å². The molecule has 0 radical (unpaired) electrons. The van der Waals surface area contributed by atoms with Gasteiger partial charge in [-0.3, -0.25) is 4.79 Å². The van der Waals surface area contributed by atoms with Gasteiger partial charge >= 0.3 is 29.6 Å². The zero-order valence-electron chi connectivity index (χ0n) is 6.83. The molecule has 14 heavy (non-hydrogen) atoms. The quantitative estimate of drug-likeness (QED) is 0.709. The van der Waals surface area contributed by atoms with Crippen LogP contribution in [0.2, 0.25) is 0 Å². The second-order valence-electron chi connectivity index (χ2n) is 2.70. The molecule has 2 rings (SSSR count). The molecule has 1 aliphatic heterocycles. The first kappa shape index (κ1) is 12.2. The average molecular weight is 241 g/mol. The molecule has 1 N–H and O–H groups in total. The van der Waals surface area contributed by atoms with Crippen molar-refractivity contribution in [1.82, 2.24) is 4.72 Å². The molecular formula is C7H8NNaO3S2. The van der Waals surface area contributed by atoms with E-state index in [0.717, 1.165) is 22.6 Å². The molecule has 72 valence electrons. The van der Waals surface area contributed by atoms with Crippen molar-refractivity contribution in [1.29, 1.82) is 0 Å². The first-order valence-electron chi connectivity index (χ1n) is 3.74. The molecule has 2 heterocycles. The Bertz CT molecular complexity index is 477. The van der Waals surface area contributed by atoms with Crippen molar-refractivity contribution in [3.8, 4) is 0 Å². The molecule has 0 saturated heterocycles. The molecule has 0 unspecified atom stereocenters. The van der Waals surface area contributed by atoms with Gasteiger partial charge in [0.05, 0.1) is 5.56 Å². The molecule has 0 bridgehead atoms. The van der Waals surface area contributed by atoms with E-state index >= 15 is 0 Å². The summed E-state index contributed by atoms with van der Waals surface area (Å²) in [4.78, 5) is 12.0. The van der Waals surface area contributed by atoms with Crippen LogP contribution in [-0.4, -0.2) is 43.9 Å². The summed E-state index contributed by atoms with van der Waals surface area (Å²) in [5, 5.41) is 0. The van der Waals surface area contributed by atoms with Gasteiger partial charge in [-0.05, 0) is 12.5 Å². The summed E-state index contributed by atoms with van der Waals surface area (Å²) in [6.07, 6.45) is 0.750. The van der Waals surface area contributed by atoms with Crippen LogP contribution in [-0.2, 0) is 16.4 Å². The van der Waals surface area contributed by atoms with Gasteiger partial charge in [0.25, 0.3) is 15.9 Å². The monoisotopic (exact) mass is 241 g/mol. The number of aryl methyl sites for hydroxylation is 1. The second kappa shape index (κ2) is 3.94. The van der Waals surface area contributed by atoms with Crippen LogP contribution in [0.1, 0.15) is 22.2 Å². The van der Waals surface area contributed by atoms with Gasteiger partial charge in [-0.1, -0.05) is 6.92 Å². The van der Waals surface area contributed by atoms with E-state index in [0.29, 0.717) is 5.56 Å². The minimum absolute atomic E-state index is 0. The van der Waals surface area contributed by atoms with E-state index in [9.17, 15) is 13.2 Å². The van der Waals surface area contributed by atoms with Gasteiger partial charge in [0, 0.05) is 4.88 Å². The molecule has 7 heteroatoms. The Kier molecular flexibility index (Phi) is 3.43. The fourth-order valence-corrected chi connectivity index (χ4v) is 3.77. The Labute approximate surface area is 108 Å². The molecule has 4 nitrogen and oxygen atoms in total. The van der Waals surface area contributed by atoms with Gasteiger partial charge in [0.1, 0.15) is 0 Å². The number of sulfonamides is 1. The molecule has 0 spiro atoms. The molecule has 1 amide bonds. The van der Waals surface area contributed by atoms with Gasteiger partial charge in [-0.25, -0.2) is 13.1 Å². The van der Waals surface area contributed by atoms with Crippen molar-refractivity contribution in [3.05, 3.63) is 16.5 Å². The van der Waals surface area contributed by atoms with Gasteiger partial charge in [0.2, 0.25) is 0 Å². The number of thiophene rings is 1. The maximum atomic E-state index is 11.3. The Hall–Kier alpha value is 0.120. The molecule has 0 atom stereocenters. The van der Waals surface area contributed by atoms with Gasteiger partial charge < -0.3 is 0 Å². The number of amides is 1. The Balaban J connectivity index is 0.000000980. The average Bonchev–Trinajstić information content (AvgIpc) is 2.53. The summed E-state index contributed by atoms with van der Waals surface area (Å²) in [5.74, 6) is -0.508. The summed E-state index contributed by atoms with van der Waals surface area (Å²) in [5.41, 5.74) is 0.293. The van der Waals surface area contributed by atoms with Crippen molar-refractivity contribution in [2.75, 3.05) is 0 Å². The van der Waals surface area contributed by atoms with Gasteiger partial charge in [0.15, 0.2) is 4.21 Å². The van der Waals surface area contributed by atoms with Crippen LogP contribution in [0.15, 0.2) is 10.3 Å².